The molecule has 0 heterocycles. The van der Waals surface area contributed by atoms with Crippen molar-refractivity contribution in [1.82, 2.24) is 0 Å². The summed E-state index contributed by atoms with van der Waals surface area (Å²) in [5.41, 5.74) is 12.3. The Morgan fingerprint density at radius 3 is 2.37 bits per heavy atom. The van der Waals surface area contributed by atoms with E-state index in [4.69, 9.17) is 5.73 Å². The first-order valence-corrected chi connectivity index (χ1v) is 6.72. The summed E-state index contributed by atoms with van der Waals surface area (Å²) in [5, 5.41) is 2.75. The van der Waals surface area contributed by atoms with Gasteiger partial charge >= 0.3 is 0 Å². The molecule has 1 heteroatoms. The highest BCUT2D eigenvalue weighted by Gasteiger charge is 2.18. The fraction of sp³-hybridized carbons (Fsp3) is 0.111. The van der Waals surface area contributed by atoms with Crippen LogP contribution in [-0.2, 0) is 12.8 Å². The molecular formula is C18H15N. The van der Waals surface area contributed by atoms with Gasteiger partial charge in [-0.25, -0.2) is 0 Å². The van der Waals surface area contributed by atoms with Crippen LogP contribution in [0.2, 0.25) is 0 Å². The summed E-state index contributed by atoms with van der Waals surface area (Å²) < 4.78 is 0. The molecule has 0 unspecified atom stereocenters. The molecule has 0 bridgehead atoms. The maximum absolute atomic E-state index is 5.92. The van der Waals surface area contributed by atoms with Gasteiger partial charge < -0.3 is 5.73 Å². The Balaban J connectivity index is 2.07. The Morgan fingerprint density at radius 1 is 0.789 bits per heavy atom. The highest BCUT2D eigenvalue weighted by molar-refractivity contribution is 6.00. The average molecular weight is 245 g/mol. The van der Waals surface area contributed by atoms with Crippen LogP contribution >= 0.6 is 0 Å². The van der Waals surface area contributed by atoms with E-state index in [9.17, 15) is 0 Å². The summed E-state index contributed by atoms with van der Waals surface area (Å²) >= 11 is 0. The highest BCUT2D eigenvalue weighted by Crippen LogP contribution is 2.38. The first-order valence-electron chi connectivity index (χ1n) is 6.72. The van der Waals surface area contributed by atoms with Crippen molar-refractivity contribution in [2.24, 2.45) is 0 Å². The number of hydrogen-bond acceptors (Lipinski definition) is 1. The number of fused-ring (bicyclic) bond motifs is 3. The smallest absolute Gasteiger partial charge is 0.0320 e. The van der Waals surface area contributed by atoms with Gasteiger partial charge in [-0.3, -0.25) is 0 Å². The molecule has 4 rings (SSSR count). The van der Waals surface area contributed by atoms with E-state index in [1.807, 2.05) is 12.1 Å². The fourth-order valence-corrected chi connectivity index (χ4v) is 3.04. The van der Waals surface area contributed by atoms with Crippen LogP contribution < -0.4 is 5.73 Å². The van der Waals surface area contributed by atoms with Gasteiger partial charge in [-0.15, -0.1) is 0 Å². The third-order valence-electron chi connectivity index (χ3n) is 4.09. The van der Waals surface area contributed by atoms with E-state index in [1.54, 1.807) is 0 Å². The monoisotopic (exact) mass is 245 g/mol. The van der Waals surface area contributed by atoms with Crippen molar-refractivity contribution in [1.29, 1.82) is 0 Å². The molecule has 0 saturated carbocycles. The molecule has 0 atom stereocenters. The standard InChI is InChI=1S/C18H15N/c19-14-5-3-4-12(10-14)18-11-13-8-9-15(13)16-6-1-2-7-17(16)18/h1-7,10-11H,8-9,19H2. The van der Waals surface area contributed by atoms with Gasteiger partial charge in [-0.1, -0.05) is 42.5 Å². The van der Waals surface area contributed by atoms with E-state index in [-0.39, 0.29) is 0 Å². The van der Waals surface area contributed by atoms with Crippen LogP contribution in [0.15, 0.2) is 54.6 Å². The molecule has 92 valence electrons. The number of anilines is 1. The molecule has 0 amide bonds. The zero-order chi connectivity index (χ0) is 12.8. The van der Waals surface area contributed by atoms with E-state index in [1.165, 1.54) is 45.9 Å². The number of nitrogen functional groups attached to an aromatic ring is 1. The minimum atomic E-state index is 0.823. The van der Waals surface area contributed by atoms with Crippen LogP contribution in [0.4, 0.5) is 5.69 Å². The largest absolute Gasteiger partial charge is 0.399 e. The summed E-state index contributed by atoms with van der Waals surface area (Å²) in [5.74, 6) is 0. The van der Waals surface area contributed by atoms with Crippen molar-refractivity contribution in [2.45, 2.75) is 12.8 Å². The molecule has 3 aromatic rings. The molecule has 0 aromatic heterocycles. The number of benzene rings is 3. The van der Waals surface area contributed by atoms with E-state index in [2.05, 4.69) is 42.5 Å². The number of aryl methyl sites for hydroxylation is 2. The SMILES string of the molecule is Nc1cccc(-c2cc3c(c4ccccc24)CC3)c1. The van der Waals surface area contributed by atoms with Gasteiger partial charge in [-0.05, 0) is 58.0 Å². The van der Waals surface area contributed by atoms with E-state index < -0.39 is 0 Å². The molecule has 19 heavy (non-hydrogen) atoms. The van der Waals surface area contributed by atoms with Gasteiger partial charge in [0.1, 0.15) is 0 Å². The molecule has 3 aromatic carbocycles. The molecule has 0 aliphatic heterocycles. The van der Waals surface area contributed by atoms with E-state index in [0.29, 0.717) is 0 Å². The van der Waals surface area contributed by atoms with Gasteiger partial charge in [0.25, 0.3) is 0 Å². The van der Waals surface area contributed by atoms with Crippen LogP contribution in [-0.4, -0.2) is 0 Å². The molecule has 0 fully saturated rings. The second-order valence-electron chi connectivity index (χ2n) is 5.23. The van der Waals surface area contributed by atoms with Crippen LogP contribution in [0.5, 0.6) is 0 Å². The third kappa shape index (κ3) is 1.55. The molecule has 0 saturated heterocycles. The Morgan fingerprint density at radius 2 is 1.63 bits per heavy atom. The van der Waals surface area contributed by atoms with Crippen molar-refractivity contribution in [2.75, 3.05) is 5.73 Å². The third-order valence-corrected chi connectivity index (χ3v) is 4.09. The Hall–Kier alpha value is -2.28. The van der Waals surface area contributed by atoms with Crippen LogP contribution in [0.3, 0.4) is 0 Å². The molecule has 0 spiro atoms. The second kappa shape index (κ2) is 3.86. The van der Waals surface area contributed by atoms with E-state index >= 15 is 0 Å². The maximum Gasteiger partial charge on any atom is 0.0320 e. The number of nitrogens with two attached hydrogens (primary N) is 1. The molecule has 1 aliphatic carbocycles. The predicted octanol–water partition coefficient (Wildman–Crippen LogP) is 4.19. The first-order chi connectivity index (χ1) is 9.33. The molecule has 1 aliphatic rings. The van der Waals surface area contributed by atoms with Gasteiger partial charge in [0.15, 0.2) is 0 Å². The number of hydrogen-bond donors (Lipinski definition) is 1. The van der Waals surface area contributed by atoms with Gasteiger partial charge in [0, 0.05) is 5.69 Å². The molecule has 0 radical (unpaired) electrons. The summed E-state index contributed by atoms with van der Waals surface area (Å²) in [6.45, 7) is 0. The lowest BCUT2D eigenvalue weighted by atomic mass is 9.81. The number of rotatable bonds is 1. The molecular weight excluding hydrogens is 230 g/mol. The minimum Gasteiger partial charge on any atom is -0.399 e. The van der Waals surface area contributed by atoms with Crippen molar-refractivity contribution < 1.29 is 0 Å². The molecule has 2 N–H and O–H groups in total. The first kappa shape index (κ1) is 10.6. The van der Waals surface area contributed by atoms with Gasteiger partial charge in [0.05, 0.1) is 0 Å². The maximum atomic E-state index is 5.92. The lowest BCUT2D eigenvalue weighted by Gasteiger charge is -2.23. The summed E-state index contributed by atoms with van der Waals surface area (Å²) in [6.07, 6.45) is 2.42. The van der Waals surface area contributed by atoms with Crippen molar-refractivity contribution in [3.63, 3.8) is 0 Å². The Labute approximate surface area is 112 Å². The predicted molar refractivity (Wildman–Crippen MR) is 81.2 cm³/mol. The van der Waals surface area contributed by atoms with Gasteiger partial charge in [0.2, 0.25) is 0 Å². The zero-order valence-corrected chi connectivity index (χ0v) is 10.7. The van der Waals surface area contributed by atoms with E-state index in [0.717, 1.165) is 5.69 Å². The van der Waals surface area contributed by atoms with Crippen molar-refractivity contribution in [3.05, 3.63) is 65.7 Å². The van der Waals surface area contributed by atoms with Crippen LogP contribution in [0.25, 0.3) is 21.9 Å². The normalized spacial score (nSPS) is 13.1. The molecule has 1 nitrogen and oxygen atoms in total. The van der Waals surface area contributed by atoms with Crippen molar-refractivity contribution in [3.8, 4) is 11.1 Å². The lowest BCUT2D eigenvalue weighted by molar-refractivity contribution is 0.852. The topological polar surface area (TPSA) is 26.0 Å². The van der Waals surface area contributed by atoms with Gasteiger partial charge in [-0.2, -0.15) is 0 Å². The van der Waals surface area contributed by atoms with Crippen molar-refractivity contribution >= 4 is 16.5 Å². The summed E-state index contributed by atoms with van der Waals surface area (Å²) in [6, 6.07) is 19.2. The highest BCUT2D eigenvalue weighted by atomic mass is 14.5. The summed E-state index contributed by atoms with van der Waals surface area (Å²) in [4.78, 5) is 0. The average Bonchev–Trinajstić information content (AvgIpc) is 2.39. The lowest BCUT2D eigenvalue weighted by Crippen LogP contribution is -2.09. The zero-order valence-electron chi connectivity index (χ0n) is 10.7. The van der Waals surface area contributed by atoms with Crippen LogP contribution in [0, 0.1) is 0 Å². The fourth-order valence-electron chi connectivity index (χ4n) is 3.04. The minimum absolute atomic E-state index is 0.823. The second-order valence-corrected chi connectivity index (χ2v) is 5.23. The quantitative estimate of drug-likeness (QED) is 0.639. The Kier molecular flexibility index (Phi) is 2.16. The van der Waals surface area contributed by atoms with Crippen LogP contribution in [0.1, 0.15) is 11.1 Å². The summed E-state index contributed by atoms with van der Waals surface area (Å²) in [7, 11) is 0. The Bertz CT molecular complexity index is 787.